The molecule has 0 aliphatic carbocycles. The highest BCUT2D eigenvalue weighted by atomic mass is 35.5. The van der Waals surface area contributed by atoms with Crippen LogP contribution >= 0.6 is 11.6 Å². The van der Waals surface area contributed by atoms with Crippen LogP contribution in [0.5, 0.6) is 0 Å². The largest absolute Gasteiger partial charge is 0.370 e. The van der Waals surface area contributed by atoms with E-state index in [4.69, 9.17) is 16.3 Å². The number of alkyl halides is 1. The van der Waals surface area contributed by atoms with Gasteiger partial charge in [-0.25, -0.2) is 0 Å². The Balaban J connectivity index is 1.92. The second-order valence-electron chi connectivity index (χ2n) is 2.83. The number of epoxide rings is 1. The second kappa shape index (κ2) is 4.20. The van der Waals surface area contributed by atoms with Gasteiger partial charge in [-0.1, -0.05) is 19.8 Å². The van der Waals surface area contributed by atoms with Gasteiger partial charge in [0, 0.05) is 5.88 Å². The highest BCUT2D eigenvalue weighted by Crippen LogP contribution is 2.29. The Morgan fingerprint density at radius 3 is 2.60 bits per heavy atom. The van der Waals surface area contributed by atoms with E-state index in [1.165, 1.54) is 19.3 Å². The molecule has 60 valence electrons. The summed E-state index contributed by atoms with van der Waals surface area (Å²) in [6.07, 6.45) is 5.90. The van der Waals surface area contributed by atoms with Gasteiger partial charge in [-0.05, 0) is 12.8 Å². The topological polar surface area (TPSA) is 12.5 Å². The van der Waals surface area contributed by atoms with Gasteiger partial charge in [0.05, 0.1) is 12.2 Å². The Morgan fingerprint density at radius 2 is 2.00 bits per heavy atom. The minimum atomic E-state index is 0.504. The molecule has 0 N–H and O–H groups in total. The van der Waals surface area contributed by atoms with Crippen molar-refractivity contribution in [2.45, 2.75) is 44.8 Å². The van der Waals surface area contributed by atoms with Crippen molar-refractivity contribution < 1.29 is 4.74 Å². The molecule has 0 radical (unpaired) electrons. The fraction of sp³-hybridized carbons (Fsp3) is 1.00. The van der Waals surface area contributed by atoms with E-state index in [0.29, 0.717) is 12.2 Å². The van der Waals surface area contributed by atoms with Gasteiger partial charge < -0.3 is 4.74 Å². The molecule has 0 spiro atoms. The van der Waals surface area contributed by atoms with Crippen molar-refractivity contribution in [1.82, 2.24) is 0 Å². The Kier molecular flexibility index (Phi) is 3.50. The summed E-state index contributed by atoms with van der Waals surface area (Å²) in [6.45, 7) is 2.21. The lowest BCUT2D eigenvalue weighted by molar-refractivity contribution is 0.357. The summed E-state index contributed by atoms with van der Waals surface area (Å²) >= 11 is 5.56. The Morgan fingerprint density at radius 1 is 1.30 bits per heavy atom. The lowest BCUT2D eigenvalue weighted by atomic mass is 10.1. The zero-order valence-corrected chi connectivity index (χ0v) is 7.23. The molecular formula is C8H15ClO. The van der Waals surface area contributed by atoms with Crippen molar-refractivity contribution in [2.24, 2.45) is 0 Å². The zero-order valence-electron chi connectivity index (χ0n) is 6.48. The summed E-state index contributed by atoms with van der Waals surface area (Å²) in [6, 6.07) is 0. The molecule has 0 saturated carbocycles. The molecule has 1 fully saturated rings. The normalized spacial score (nSPS) is 30.6. The molecule has 1 heterocycles. The molecule has 1 nitrogen and oxygen atoms in total. The van der Waals surface area contributed by atoms with Crippen molar-refractivity contribution >= 4 is 11.6 Å². The van der Waals surface area contributed by atoms with Gasteiger partial charge in [0.1, 0.15) is 0 Å². The van der Waals surface area contributed by atoms with E-state index < -0.39 is 0 Å². The minimum Gasteiger partial charge on any atom is -0.370 e. The maximum absolute atomic E-state index is 5.56. The van der Waals surface area contributed by atoms with Gasteiger partial charge in [-0.15, -0.1) is 11.6 Å². The van der Waals surface area contributed by atoms with Crippen LogP contribution in [-0.2, 0) is 4.74 Å². The predicted octanol–water partition coefficient (Wildman–Crippen LogP) is 2.57. The molecule has 1 aliphatic rings. The first-order chi connectivity index (χ1) is 4.88. The Bertz CT molecular complexity index is 95.3. The lowest BCUT2D eigenvalue weighted by Crippen LogP contribution is -1.94. The molecule has 1 rings (SSSR count). The third kappa shape index (κ3) is 2.47. The maximum Gasteiger partial charge on any atom is 0.0853 e. The Labute approximate surface area is 67.7 Å². The van der Waals surface area contributed by atoms with Crippen molar-refractivity contribution in [3.05, 3.63) is 0 Å². The van der Waals surface area contributed by atoms with Crippen molar-refractivity contribution in [3.8, 4) is 0 Å². The first-order valence-corrected chi connectivity index (χ1v) is 4.63. The van der Waals surface area contributed by atoms with Gasteiger partial charge in [0.15, 0.2) is 0 Å². The van der Waals surface area contributed by atoms with E-state index in [1.54, 1.807) is 0 Å². The summed E-state index contributed by atoms with van der Waals surface area (Å²) in [7, 11) is 0. The van der Waals surface area contributed by atoms with Crippen LogP contribution in [0.1, 0.15) is 32.6 Å². The molecule has 0 bridgehead atoms. The van der Waals surface area contributed by atoms with Gasteiger partial charge in [0.2, 0.25) is 0 Å². The van der Waals surface area contributed by atoms with E-state index in [0.717, 1.165) is 12.3 Å². The number of ether oxygens (including phenoxy) is 1. The third-order valence-corrected chi connectivity index (χ3v) is 2.14. The first-order valence-electron chi connectivity index (χ1n) is 4.10. The van der Waals surface area contributed by atoms with Gasteiger partial charge in [-0.2, -0.15) is 0 Å². The quantitative estimate of drug-likeness (QED) is 0.447. The van der Waals surface area contributed by atoms with Crippen LogP contribution in [-0.4, -0.2) is 18.1 Å². The van der Waals surface area contributed by atoms with Crippen LogP contribution in [0.4, 0.5) is 0 Å². The summed E-state index contributed by atoms with van der Waals surface area (Å²) in [5.74, 6) is 0.743. The summed E-state index contributed by atoms with van der Waals surface area (Å²) in [4.78, 5) is 0. The van der Waals surface area contributed by atoms with Crippen LogP contribution in [0.15, 0.2) is 0 Å². The average molecular weight is 163 g/mol. The molecule has 0 aromatic carbocycles. The second-order valence-corrected chi connectivity index (χ2v) is 3.21. The third-order valence-electron chi connectivity index (χ3n) is 1.92. The number of rotatable bonds is 5. The highest BCUT2D eigenvalue weighted by molar-refractivity contribution is 6.17. The molecule has 2 heteroatoms. The van der Waals surface area contributed by atoms with Crippen LogP contribution in [0.25, 0.3) is 0 Å². The Hall–Kier alpha value is 0.250. The summed E-state index contributed by atoms with van der Waals surface area (Å²) in [5, 5.41) is 0. The standard InChI is InChI=1S/C8H15ClO/c1-2-3-4-7-8(10-7)5-6-9/h7-8H,2-6H2,1H3/t7-,8+/m1/s1. The molecule has 0 unspecified atom stereocenters. The van der Waals surface area contributed by atoms with Gasteiger partial charge in [0.25, 0.3) is 0 Å². The molecule has 0 aromatic heterocycles. The molecular weight excluding hydrogens is 148 g/mol. The minimum absolute atomic E-state index is 0.504. The summed E-state index contributed by atoms with van der Waals surface area (Å²) in [5.41, 5.74) is 0. The number of hydrogen-bond donors (Lipinski definition) is 0. The van der Waals surface area contributed by atoms with Crippen LogP contribution in [0, 0.1) is 0 Å². The lowest BCUT2D eigenvalue weighted by Gasteiger charge is -1.90. The smallest absolute Gasteiger partial charge is 0.0853 e. The number of halogens is 1. The number of hydrogen-bond acceptors (Lipinski definition) is 1. The molecule has 1 saturated heterocycles. The van der Waals surface area contributed by atoms with Crippen molar-refractivity contribution in [2.75, 3.05) is 5.88 Å². The summed E-state index contributed by atoms with van der Waals surface area (Å²) < 4.78 is 5.38. The first kappa shape index (κ1) is 8.35. The van der Waals surface area contributed by atoms with E-state index in [2.05, 4.69) is 6.92 Å². The van der Waals surface area contributed by atoms with E-state index in [1.807, 2.05) is 0 Å². The molecule has 0 aromatic rings. The predicted molar refractivity (Wildman–Crippen MR) is 43.5 cm³/mol. The monoisotopic (exact) mass is 162 g/mol. The number of unbranched alkanes of at least 4 members (excludes halogenated alkanes) is 1. The zero-order chi connectivity index (χ0) is 7.40. The molecule has 1 aliphatic heterocycles. The molecule has 0 amide bonds. The fourth-order valence-corrected chi connectivity index (χ4v) is 1.41. The van der Waals surface area contributed by atoms with Gasteiger partial charge in [-0.3, -0.25) is 0 Å². The molecule has 2 atom stereocenters. The van der Waals surface area contributed by atoms with E-state index in [-0.39, 0.29) is 0 Å². The van der Waals surface area contributed by atoms with Crippen molar-refractivity contribution in [1.29, 1.82) is 0 Å². The van der Waals surface area contributed by atoms with E-state index in [9.17, 15) is 0 Å². The van der Waals surface area contributed by atoms with Crippen molar-refractivity contribution in [3.63, 3.8) is 0 Å². The van der Waals surface area contributed by atoms with Crippen LogP contribution in [0.2, 0.25) is 0 Å². The maximum atomic E-state index is 5.56. The van der Waals surface area contributed by atoms with E-state index >= 15 is 0 Å². The highest BCUT2D eigenvalue weighted by Gasteiger charge is 2.36. The van der Waals surface area contributed by atoms with Gasteiger partial charge >= 0.3 is 0 Å². The molecule has 10 heavy (non-hydrogen) atoms. The van der Waals surface area contributed by atoms with Crippen LogP contribution in [0.3, 0.4) is 0 Å². The SMILES string of the molecule is CCCC[C@H]1O[C@H]1CCCl. The fourth-order valence-electron chi connectivity index (χ4n) is 1.20. The average Bonchev–Trinajstić information content (AvgIpc) is 2.65. The van der Waals surface area contributed by atoms with Crippen LogP contribution < -0.4 is 0 Å².